The van der Waals surface area contributed by atoms with E-state index in [1.54, 1.807) is 14.2 Å². The van der Waals surface area contributed by atoms with Crippen molar-refractivity contribution in [2.75, 3.05) is 27.4 Å². The third-order valence-corrected chi connectivity index (χ3v) is 5.25. The Morgan fingerprint density at radius 3 is 2.76 bits per heavy atom. The summed E-state index contributed by atoms with van der Waals surface area (Å²) in [5.74, 6) is 1.43. The van der Waals surface area contributed by atoms with Crippen LogP contribution in [0.15, 0.2) is 48.7 Å². The van der Waals surface area contributed by atoms with Gasteiger partial charge in [-0.3, -0.25) is 9.88 Å². The monoisotopic (exact) mass is 393 g/mol. The summed E-state index contributed by atoms with van der Waals surface area (Å²) in [6, 6.07) is 14.1. The zero-order valence-electron chi connectivity index (χ0n) is 17.0. The summed E-state index contributed by atoms with van der Waals surface area (Å²) in [5, 5.41) is 1.07. The minimum absolute atomic E-state index is 0.266. The predicted molar refractivity (Wildman–Crippen MR) is 112 cm³/mol. The number of nitrogens with zero attached hydrogens (tertiary/aromatic N) is 3. The molecule has 0 aliphatic carbocycles. The Hall–Kier alpha value is -2.70. The number of pyridine rings is 2. The van der Waals surface area contributed by atoms with E-state index in [2.05, 4.69) is 22.0 Å². The second-order valence-corrected chi connectivity index (χ2v) is 7.34. The van der Waals surface area contributed by atoms with Gasteiger partial charge in [0.2, 0.25) is 5.88 Å². The molecule has 1 aliphatic heterocycles. The third kappa shape index (κ3) is 4.83. The Morgan fingerprint density at radius 2 is 2.03 bits per heavy atom. The fourth-order valence-corrected chi connectivity index (χ4v) is 3.81. The molecule has 152 valence electrons. The minimum atomic E-state index is 0.266. The van der Waals surface area contributed by atoms with Gasteiger partial charge in [-0.05, 0) is 43.2 Å². The molecule has 1 fully saturated rings. The standard InChI is InChI=1S/C23H27N3O3/c1-27-20-9-8-17-12-18(23(28-2)25-22(17)13-20)14-26(16-21-7-5-11-29-21)15-19-6-3-4-10-24-19/h3-4,6,8-10,12-13,21H,5,7,11,14-16H2,1-2H3/t21-/m1/s1. The van der Waals surface area contributed by atoms with Crippen LogP contribution in [0.25, 0.3) is 10.9 Å². The summed E-state index contributed by atoms with van der Waals surface area (Å²) in [4.78, 5) is 11.6. The molecule has 6 nitrogen and oxygen atoms in total. The second kappa shape index (κ2) is 9.20. The van der Waals surface area contributed by atoms with Crippen molar-refractivity contribution in [1.82, 2.24) is 14.9 Å². The first-order valence-corrected chi connectivity index (χ1v) is 10.0. The molecule has 4 rings (SSSR count). The van der Waals surface area contributed by atoms with Crippen LogP contribution >= 0.6 is 0 Å². The van der Waals surface area contributed by atoms with Crippen molar-refractivity contribution in [3.05, 3.63) is 59.9 Å². The topological polar surface area (TPSA) is 56.7 Å². The molecule has 0 N–H and O–H groups in total. The molecule has 1 aromatic carbocycles. The zero-order valence-corrected chi connectivity index (χ0v) is 17.0. The summed E-state index contributed by atoms with van der Waals surface area (Å²) < 4.78 is 16.8. The molecule has 0 saturated carbocycles. The summed E-state index contributed by atoms with van der Waals surface area (Å²) in [6.07, 6.45) is 4.34. The normalized spacial score (nSPS) is 16.4. The molecule has 2 aromatic heterocycles. The molecule has 1 atom stereocenters. The van der Waals surface area contributed by atoms with Crippen molar-refractivity contribution < 1.29 is 14.2 Å². The van der Waals surface area contributed by atoms with E-state index in [-0.39, 0.29) is 6.10 Å². The van der Waals surface area contributed by atoms with E-state index in [9.17, 15) is 0 Å². The SMILES string of the molecule is COc1ccc2cc(CN(Cc3ccccn3)C[C@H]3CCCO3)c(OC)nc2c1. The van der Waals surface area contributed by atoms with E-state index in [1.165, 1.54) is 0 Å². The molecular formula is C23H27N3O3. The summed E-state index contributed by atoms with van der Waals surface area (Å²) in [6.45, 7) is 3.18. The van der Waals surface area contributed by atoms with Crippen LogP contribution < -0.4 is 9.47 Å². The smallest absolute Gasteiger partial charge is 0.218 e. The van der Waals surface area contributed by atoms with Crippen LogP contribution in [0.5, 0.6) is 11.6 Å². The summed E-state index contributed by atoms with van der Waals surface area (Å²) >= 11 is 0. The van der Waals surface area contributed by atoms with E-state index >= 15 is 0 Å². The highest BCUT2D eigenvalue weighted by Gasteiger charge is 2.21. The highest BCUT2D eigenvalue weighted by Crippen LogP contribution is 2.27. The number of aromatic nitrogens is 2. The molecule has 0 spiro atoms. The minimum Gasteiger partial charge on any atom is -0.497 e. The Balaban J connectivity index is 1.61. The molecule has 3 aromatic rings. The van der Waals surface area contributed by atoms with Crippen molar-refractivity contribution in [2.24, 2.45) is 0 Å². The van der Waals surface area contributed by atoms with E-state index in [4.69, 9.17) is 19.2 Å². The quantitative estimate of drug-likeness (QED) is 0.580. The maximum Gasteiger partial charge on any atom is 0.218 e. The third-order valence-electron chi connectivity index (χ3n) is 5.25. The fraction of sp³-hybridized carbons (Fsp3) is 0.391. The number of hydrogen-bond acceptors (Lipinski definition) is 6. The molecule has 1 saturated heterocycles. The van der Waals surface area contributed by atoms with Crippen LogP contribution in [0.2, 0.25) is 0 Å². The Kier molecular flexibility index (Phi) is 6.22. The van der Waals surface area contributed by atoms with E-state index < -0.39 is 0 Å². The molecule has 1 aliphatic rings. The van der Waals surface area contributed by atoms with Crippen LogP contribution in [0.1, 0.15) is 24.1 Å². The molecule has 0 unspecified atom stereocenters. The first-order chi connectivity index (χ1) is 14.2. The lowest BCUT2D eigenvalue weighted by molar-refractivity contribution is 0.0671. The average molecular weight is 393 g/mol. The van der Waals surface area contributed by atoms with Gasteiger partial charge < -0.3 is 14.2 Å². The van der Waals surface area contributed by atoms with Crippen molar-refractivity contribution in [1.29, 1.82) is 0 Å². The van der Waals surface area contributed by atoms with E-state index in [0.29, 0.717) is 12.4 Å². The largest absolute Gasteiger partial charge is 0.497 e. The Morgan fingerprint density at radius 1 is 1.10 bits per heavy atom. The summed E-state index contributed by atoms with van der Waals surface area (Å²) in [5.41, 5.74) is 2.96. The molecule has 0 amide bonds. The van der Waals surface area contributed by atoms with Crippen molar-refractivity contribution in [3.63, 3.8) is 0 Å². The van der Waals surface area contributed by atoms with Gasteiger partial charge in [0.1, 0.15) is 5.75 Å². The van der Waals surface area contributed by atoms with Crippen LogP contribution in [0.3, 0.4) is 0 Å². The van der Waals surface area contributed by atoms with Gasteiger partial charge in [-0.25, -0.2) is 4.98 Å². The Labute approximate surface area is 171 Å². The number of benzene rings is 1. The maximum absolute atomic E-state index is 5.89. The van der Waals surface area contributed by atoms with Crippen LogP contribution in [0.4, 0.5) is 0 Å². The molecule has 0 radical (unpaired) electrons. The molecule has 29 heavy (non-hydrogen) atoms. The van der Waals surface area contributed by atoms with E-state index in [1.807, 2.05) is 36.5 Å². The van der Waals surface area contributed by atoms with Gasteiger partial charge in [-0.2, -0.15) is 0 Å². The van der Waals surface area contributed by atoms with Gasteiger partial charge in [0.05, 0.1) is 31.5 Å². The second-order valence-electron chi connectivity index (χ2n) is 7.34. The van der Waals surface area contributed by atoms with Gasteiger partial charge in [0.15, 0.2) is 0 Å². The van der Waals surface area contributed by atoms with Gasteiger partial charge in [-0.15, -0.1) is 0 Å². The highest BCUT2D eigenvalue weighted by molar-refractivity contribution is 5.81. The van der Waals surface area contributed by atoms with E-state index in [0.717, 1.165) is 60.4 Å². The summed E-state index contributed by atoms with van der Waals surface area (Å²) in [7, 11) is 3.33. The average Bonchev–Trinajstić information content (AvgIpc) is 3.26. The number of rotatable bonds is 8. The van der Waals surface area contributed by atoms with Crippen molar-refractivity contribution in [3.8, 4) is 11.6 Å². The maximum atomic E-state index is 5.89. The molecular weight excluding hydrogens is 366 g/mol. The number of fused-ring (bicyclic) bond motifs is 1. The first kappa shape index (κ1) is 19.6. The lowest BCUT2D eigenvalue weighted by Crippen LogP contribution is -2.32. The molecule has 3 heterocycles. The van der Waals surface area contributed by atoms with Crippen LogP contribution in [-0.4, -0.2) is 48.3 Å². The number of ether oxygens (including phenoxy) is 3. The molecule has 0 bridgehead atoms. The zero-order chi connectivity index (χ0) is 20.1. The lowest BCUT2D eigenvalue weighted by Gasteiger charge is -2.25. The number of hydrogen-bond donors (Lipinski definition) is 0. The first-order valence-electron chi connectivity index (χ1n) is 10.0. The van der Waals surface area contributed by atoms with Gasteiger partial charge in [0.25, 0.3) is 0 Å². The fourth-order valence-electron chi connectivity index (χ4n) is 3.81. The van der Waals surface area contributed by atoms with Gasteiger partial charge >= 0.3 is 0 Å². The lowest BCUT2D eigenvalue weighted by atomic mass is 10.1. The predicted octanol–water partition coefficient (Wildman–Crippen LogP) is 3.83. The van der Waals surface area contributed by atoms with Crippen LogP contribution in [-0.2, 0) is 17.8 Å². The van der Waals surface area contributed by atoms with Crippen molar-refractivity contribution >= 4 is 10.9 Å². The highest BCUT2D eigenvalue weighted by atomic mass is 16.5. The van der Waals surface area contributed by atoms with Crippen LogP contribution in [0, 0.1) is 0 Å². The van der Waals surface area contributed by atoms with Gasteiger partial charge in [0, 0.05) is 49.5 Å². The Bertz CT molecular complexity index is 943. The van der Waals surface area contributed by atoms with Crippen molar-refractivity contribution in [2.45, 2.75) is 32.0 Å². The molecule has 6 heteroatoms. The number of methoxy groups -OCH3 is 2. The van der Waals surface area contributed by atoms with Gasteiger partial charge in [-0.1, -0.05) is 6.07 Å².